The first-order valence-corrected chi connectivity index (χ1v) is 8.50. The van der Waals surface area contributed by atoms with Gasteiger partial charge in [0.05, 0.1) is 0 Å². The van der Waals surface area contributed by atoms with Crippen LogP contribution in [0, 0.1) is 0 Å². The molecular weight excluding hydrogens is 282 g/mol. The molecule has 0 bridgehead atoms. The fourth-order valence-corrected chi connectivity index (χ4v) is 3.28. The molecule has 6 heteroatoms. The van der Waals surface area contributed by atoms with Crippen molar-refractivity contribution in [1.82, 2.24) is 15.5 Å². The molecule has 2 heterocycles. The van der Waals surface area contributed by atoms with Gasteiger partial charge in [-0.05, 0) is 38.8 Å². The van der Waals surface area contributed by atoms with E-state index in [9.17, 15) is 9.59 Å². The van der Waals surface area contributed by atoms with Gasteiger partial charge in [-0.25, -0.2) is 0 Å². The molecule has 0 aliphatic carbocycles. The summed E-state index contributed by atoms with van der Waals surface area (Å²) in [6.45, 7) is 3.69. The highest BCUT2D eigenvalue weighted by Crippen LogP contribution is 2.22. The minimum atomic E-state index is -0.725. The summed E-state index contributed by atoms with van der Waals surface area (Å²) < 4.78 is 5.48. The quantitative estimate of drug-likeness (QED) is 0.783. The molecule has 2 fully saturated rings. The number of likely N-dealkylation sites (tertiary alicyclic amines) is 1. The van der Waals surface area contributed by atoms with Crippen LogP contribution in [0.4, 0.5) is 0 Å². The average Bonchev–Trinajstić information content (AvgIpc) is 2.84. The molecule has 2 N–H and O–H groups in total. The number of rotatable bonds is 5. The molecule has 0 aromatic heterocycles. The number of ether oxygens (including phenoxy) is 1. The first-order chi connectivity index (χ1) is 10.7. The zero-order chi connectivity index (χ0) is 15.8. The molecule has 0 aromatic carbocycles. The summed E-state index contributed by atoms with van der Waals surface area (Å²) in [6.07, 6.45) is 6.35. The summed E-state index contributed by atoms with van der Waals surface area (Å²) in [6, 6.07) is 0. The van der Waals surface area contributed by atoms with Crippen molar-refractivity contribution in [2.24, 2.45) is 0 Å². The third-order valence-corrected chi connectivity index (χ3v) is 4.80. The monoisotopic (exact) mass is 311 g/mol. The maximum Gasteiger partial charge on any atom is 0.252 e. The molecule has 22 heavy (non-hydrogen) atoms. The van der Waals surface area contributed by atoms with Crippen molar-refractivity contribution >= 4 is 11.8 Å². The highest BCUT2D eigenvalue weighted by atomic mass is 16.5. The van der Waals surface area contributed by atoms with Crippen LogP contribution in [0.15, 0.2) is 0 Å². The van der Waals surface area contributed by atoms with E-state index in [0.29, 0.717) is 25.8 Å². The standard InChI is InChI=1S/C16H29N3O3/c1-22-16(7-10-17-11-8-16)15(21)18-9-6-14(20)19-12-4-2-3-5-13-19/h17H,2-13H2,1H3,(H,18,21). The second-order valence-electron chi connectivity index (χ2n) is 6.25. The first-order valence-electron chi connectivity index (χ1n) is 8.50. The van der Waals surface area contributed by atoms with Crippen LogP contribution < -0.4 is 10.6 Å². The first kappa shape index (κ1) is 17.2. The van der Waals surface area contributed by atoms with Crippen LogP contribution in [0.2, 0.25) is 0 Å². The second kappa shape index (κ2) is 8.48. The lowest BCUT2D eigenvalue weighted by molar-refractivity contribution is -0.146. The van der Waals surface area contributed by atoms with Crippen molar-refractivity contribution in [2.45, 2.75) is 50.5 Å². The summed E-state index contributed by atoms with van der Waals surface area (Å²) in [5.41, 5.74) is -0.725. The maximum atomic E-state index is 12.4. The maximum absolute atomic E-state index is 12.4. The van der Waals surface area contributed by atoms with Crippen molar-refractivity contribution in [2.75, 3.05) is 39.8 Å². The van der Waals surface area contributed by atoms with E-state index in [1.807, 2.05) is 4.90 Å². The van der Waals surface area contributed by atoms with Gasteiger partial charge in [0.1, 0.15) is 5.60 Å². The van der Waals surface area contributed by atoms with E-state index in [0.717, 1.165) is 39.0 Å². The van der Waals surface area contributed by atoms with Crippen LogP contribution >= 0.6 is 0 Å². The normalized spacial score (nSPS) is 22.0. The predicted octanol–water partition coefficient (Wildman–Crippen LogP) is 0.664. The van der Waals surface area contributed by atoms with Crippen LogP contribution in [0.5, 0.6) is 0 Å². The summed E-state index contributed by atoms with van der Waals surface area (Å²) in [4.78, 5) is 26.5. The van der Waals surface area contributed by atoms with E-state index in [2.05, 4.69) is 10.6 Å². The molecule has 0 aromatic rings. The number of hydrogen-bond acceptors (Lipinski definition) is 4. The highest BCUT2D eigenvalue weighted by Gasteiger charge is 2.39. The Kier molecular flexibility index (Phi) is 6.64. The van der Waals surface area contributed by atoms with Gasteiger partial charge in [0, 0.05) is 33.2 Å². The van der Waals surface area contributed by atoms with Crippen molar-refractivity contribution in [3.05, 3.63) is 0 Å². The van der Waals surface area contributed by atoms with Gasteiger partial charge in [-0.2, -0.15) is 0 Å². The van der Waals surface area contributed by atoms with E-state index in [1.54, 1.807) is 7.11 Å². The number of piperidine rings is 1. The number of hydrogen-bond donors (Lipinski definition) is 2. The Bertz CT molecular complexity index is 373. The Balaban J connectivity index is 1.74. The molecule has 0 atom stereocenters. The van der Waals surface area contributed by atoms with Gasteiger partial charge < -0.3 is 20.3 Å². The number of nitrogens with one attached hydrogen (secondary N) is 2. The third-order valence-electron chi connectivity index (χ3n) is 4.80. The Morgan fingerprint density at radius 1 is 1.14 bits per heavy atom. The Morgan fingerprint density at radius 2 is 1.77 bits per heavy atom. The van der Waals surface area contributed by atoms with Crippen molar-refractivity contribution in [1.29, 1.82) is 0 Å². The fourth-order valence-electron chi connectivity index (χ4n) is 3.28. The van der Waals surface area contributed by atoms with Crippen molar-refractivity contribution < 1.29 is 14.3 Å². The minimum Gasteiger partial charge on any atom is -0.368 e. The van der Waals surface area contributed by atoms with Gasteiger partial charge in [0.15, 0.2) is 0 Å². The van der Waals surface area contributed by atoms with E-state index < -0.39 is 5.60 Å². The number of nitrogens with zero attached hydrogens (tertiary/aromatic N) is 1. The van der Waals surface area contributed by atoms with Crippen LogP contribution in [-0.2, 0) is 14.3 Å². The molecule has 2 aliphatic heterocycles. The molecule has 2 amide bonds. The van der Waals surface area contributed by atoms with Crippen LogP contribution in [0.25, 0.3) is 0 Å². The zero-order valence-electron chi connectivity index (χ0n) is 13.7. The number of methoxy groups -OCH3 is 1. The molecule has 0 unspecified atom stereocenters. The molecule has 0 spiro atoms. The number of carbonyl (C=O) groups excluding carboxylic acids is 2. The van der Waals surface area contributed by atoms with E-state index >= 15 is 0 Å². The van der Waals surface area contributed by atoms with E-state index in [4.69, 9.17) is 4.74 Å². The van der Waals surface area contributed by atoms with Gasteiger partial charge in [-0.3, -0.25) is 9.59 Å². The molecule has 0 radical (unpaired) electrons. The molecule has 126 valence electrons. The average molecular weight is 311 g/mol. The predicted molar refractivity (Wildman–Crippen MR) is 84.5 cm³/mol. The van der Waals surface area contributed by atoms with E-state index in [-0.39, 0.29) is 11.8 Å². The van der Waals surface area contributed by atoms with Crippen molar-refractivity contribution in [3.8, 4) is 0 Å². The smallest absolute Gasteiger partial charge is 0.252 e. The molecule has 2 aliphatic rings. The molecular formula is C16H29N3O3. The SMILES string of the molecule is COC1(C(=O)NCCC(=O)N2CCCCCC2)CCNCC1. The lowest BCUT2D eigenvalue weighted by Crippen LogP contribution is -2.54. The minimum absolute atomic E-state index is 0.0832. The third kappa shape index (κ3) is 4.43. The van der Waals surface area contributed by atoms with Gasteiger partial charge in [-0.1, -0.05) is 12.8 Å². The summed E-state index contributed by atoms with van der Waals surface area (Å²) in [5.74, 6) is 0.0687. The van der Waals surface area contributed by atoms with Gasteiger partial charge in [0.2, 0.25) is 5.91 Å². The second-order valence-corrected chi connectivity index (χ2v) is 6.25. The zero-order valence-corrected chi connectivity index (χ0v) is 13.7. The molecule has 6 nitrogen and oxygen atoms in total. The molecule has 0 saturated carbocycles. The van der Waals surface area contributed by atoms with Crippen molar-refractivity contribution in [3.63, 3.8) is 0 Å². The Hall–Kier alpha value is -1.14. The number of amides is 2. The highest BCUT2D eigenvalue weighted by molar-refractivity contribution is 5.86. The summed E-state index contributed by atoms with van der Waals surface area (Å²) in [7, 11) is 1.59. The van der Waals surface area contributed by atoms with E-state index in [1.165, 1.54) is 12.8 Å². The van der Waals surface area contributed by atoms with Crippen LogP contribution in [-0.4, -0.2) is 62.1 Å². The summed E-state index contributed by atoms with van der Waals surface area (Å²) >= 11 is 0. The lowest BCUT2D eigenvalue weighted by Gasteiger charge is -2.34. The lowest BCUT2D eigenvalue weighted by atomic mass is 9.91. The Morgan fingerprint density at radius 3 is 2.36 bits per heavy atom. The van der Waals surface area contributed by atoms with Gasteiger partial charge in [-0.15, -0.1) is 0 Å². The topological polar surface area (TPSA) is 70.7 Å². The largest absolute Gasteiger partial charge is 0.368 e. The fraction of sp³-hybridized carbons (Fsp3) is 0.875. The van der Waals surface area contributed by atoms with Gasteiger partial charge in [0.25, 0.3) is 5.91 Å². The van der Waals surface area contributed by atoms with Crippen LogP contribution in [0.1, 0.15) is 44.9 Å². The molecule has 2 saturated heterocycles. The number of carbonyl (C=O) groups is 2. The van der Waals surface area contributed by atoms with Crippen LogP contribution in [0.3, 0.4) is 0 Å². The van der Waals surface area contributed by atoms with Gasteiger partial charge >= 0.3 is 0 Å². The Labute approximate surface area is 132 Å². The molecule has 2 rings (SSSR count). The summed E-state index contributed by atoms with van der Waals surface area (Å²) in [5, 5.41) is 6.12.